The number of amides is 2. The smallest absolute Gasteiger partial charge is 0.238 e. The van der Waals surface area contributed by atoms with Crippen molar-refractivity contribution in [2.75, 3.05) is 38.2 Å². The number of nitrogens with zero attached hydrogens (tertiary/aromatic N) is 1. The van der Waals surface area contributed by atoms with Crippen LogP contribution in [0.3, 0.4) is 0 Å². The summed E-state index contributed by atoms with van der Waals surface area (Å²) in [5, 5.41) is 5.77. The lowest BCUT2D eigenvalue weighted by atomic mass is 10.1. The Kier molecular flexibility index (Phi) is 6.45. The van der Waals surface area contributed by atoms with Crippen LogP contribution in [0.1, 0.15) is 6.92 Å². The topological polar surface area (TPSA) is 87.5 Å². The summed E-state index contributed by atoms with van der Waals surface area (Å²) >= 11 is 5.82. The van der Waals surface area contributed by atoms with Crippen molar-refractivity contribution in [3.8, 4) is 0 Å². The van der Waals surface area contributed by atoms with E-state index >= 15 is 0 Å². The molecule has 0 bridgehead atoms. The lowest BCUT2D eigenvalue weighted by molar-refractivity contribution is -0.125. The van der Waals surface area contributed by atoms with E-state index in [1.807, 2.05) is 6.92 Å². The van der Waals surface area contributed by atoms with Gasteiger partial charge in [-0.05, 0) is 25.2 Å². The molecule has 2 amide bonds. The summed E-state index contributed by atoms with van der Waals surface area (Å²) in [7, 11) is 3.38. The minimum atomic E-state index is -0.182. The number of rotatable bonds is 6. The van der Waals surface area contributed by atoms with Crippen LogP contribution < -0.4 is 16.4 Å². The lowest BCUT2D eigenvalue weighted by Crippen LogP contribution is -2.38. The van der Waals surface area contributed by atoms with Gasteiger partial charge in [0.25, 0.3) is 0 Å². The monoisotopic (exact) mass is 312 g/mol. The Hall–Kier alpha value is -1.79. The van der Waals surface area contributed by atoms with Gasteiger partial charge in [0.2, 0.25) is 11.8 Å². The fraction of sp³-hybridized carbons (Fsp3) is 0.429. The summed E-state index contributed by atoms with van der Waals surface area (Å²) in [6.45, 7) is 2.49. The molecule has 6 nitrogen and oxygen atoms in total. The van der Waals surface area contributed by atoms with Crippen LogP contribution in [-0.4, -0.2) is 43.9 Å². The number of likely N-dealkylation sites (N-methyl/N-ethyl adjacent to an activating group) is 1. The fourth-order valence-corrected chi connectivity index (χ4v) is 2.05. The molecule has 0 aliphatic heterocycles. The average molecular weight is 313 g/mol. The van der Waals surface area contributed by atoms with Gasteiger partial charge in [-0.25, -0.2) is 0 Å². The van der Waals surface area contributed by atoms with E-state index in [2.05, 4.69) is 10.6 Å². The lowest BCUT2D eigenvalue weighted by Gasteiger charge is -2.20. The number of nitrogens with two attached hydrogens (primary N) is 1. The average Bonchev–Trinajstić information content (AvgIpc) is 2.41. The highest BCUT2D eigenvalue weighted by atomic mass is 35.5. The Morgan fingerprint density at radius 1 is 1.43 bits per heavy atom. The van der Waals surface area contributed by atoms with Gasteiger partial charge in [0.1, 0.15) is 0 Å². The normalized spacial score (nSPS) is 12.0. The number of halogens is 1. The zero-order valence-corrected chi connectivity index (χ0v) is 13.2. The molecule has 0 saturated carbocycles. The van der Waals surface area contributed by atoms with E-state index in [1.165, 1.54) is 0 Å². The third-order valence-electron chi connectivity index (χ3n) is 2.97. The van der Waals surface area contributed by atoms with Crippen molar-refractivity contribution in [1.29, 1.82) is 0 Å². The van der Waals surface area contributed by atoms with Crippen molar-refractivity contribution in [3.05, 3.63) is 23.2 Å². The Morgan fingerprint density at radius 3 is 2.67 bits per heavy atom. The summed E-state index contributed by atoms with van der Waals surface area (Å²) in [5.41, 5.74) is 6.68. The summed E-state index contributed by atoms with van der Waals surface area (Å²) in [6, 6.07) is 4.92. The van der Waals surface area contributed by atoms with Crippen LogP contribution >= 0.6 is 11.6 Å². The number of nitrogens with one attached hydrogen (secondary N) is 2. The number of benzene rings is 1. The summed E-state index contributed by atoms with van der Waals surface area (Å²) < 4.78 is 0. The molecule has 0 aliphatic rings. The molecule has 0 heterocycles. The van der Waals surface area contributed by atoms with Gasteiger partial charge in [0.15, 0.2) is 0 Å². The van der Waals surface area contributed by atoms with E-state index < -0.39 is 0 Å². The van der Waals surface area contributed by atoms with Gasteiger partial charge < -0.3 is 16.4 Å². The Bertz CT molecular complexity index is 522. The van der Waals surface area contributed by atoms with Gasteiger partial charge >= 0.3 is 0 Å². The number of hydrogen-bond donors (Lipinski definition) is 3. The summed E-state index contributed by atoms with van der Waals surface area (Å²) in [5.74, 6) is -0.407. The predicted octanol–water partition coefficient (Wildman–Crippen LogP) is 1.17. The standard InChI is InChI=1S/C14H21ClN4O2/c1-9(14(21)17-2)7-19(3)8-13(20)18-10-4-5-11(15)12(16)6-10/h4-6,9H,7-8,16H2,1-3H3,(H,17,21)(H,18,20). The molecule has 1 aromatic rings. The Morgan fingerprint density at radius 2 is 2.10 bits per heavy atom. The molecule has 1 atom stereocenters. The second kappa shape index (κ2) is 7.85. The first-order valence-corrected chi connectivity index (χ1v) is 6.96. The fourth-order valence-electron chi connectivity index (χ4n) is 1.93. The van der Waals surface area contributed by atoms with Gasteiger partial charge in [-0.2, -0.15) is 0 Å². The summed E-state index contributed by atoms with van der Waals surface area (Å²) in [4.78, 5) is 25.1. The number of carbonyl (C=O) groups excluding carboxylic acids is 2. The van der Waals surface area contributed by atoms with Crippen LogP contribution in [0.2, 0.25) is 5.02 Å². The number of anilines is 2. The third-order valence-corrected chi connectivity index (χ3v) is 3.32. The Balaban J connectivity index is 2.49. The van der Waals surface area contributed by atoms with Crippen molar-refractivity contribution >= 4 is 34.8 Å². The predicted molar refractivity (Wildman–Crippen MR) is 85.2 cm³/mol. The molecule has 1 rings (SSSR count). The van der Waals surface area contributed by atoms with Crippen molar-refractivity contribution in [3.63, 3.8) is 0 Å². The maximum absolute atomic E-state index is 11.9. The number of hydrogen-bond acceptors (Lipinski definition) is 4. The van der Waals surface area contributed by atoms with Crippen LogP contribution in [-0.2, 0) is 9.59 Å². The maximum Gasteiger partial charge on any atom is 0.238 e. The van der Waals surface area contributed by atoms with Crippen LogP contribution in [0.5, 0.6) is 0 Å². The van der Waals surface area contributed by atoms with E-state index in [0.29, 0.717) is 22.9 Å². The molecule has 0 saturated heterocycles. The van der Waals surface area contributed by atoms with Gasteiger partial charge in [-0.15, -0.1) is 0 Å². The molecule has 0 radical (unpaired) electrons. The molecule has 7 heteroatoms. The Labute approximate surface area is 129 Å². The highest BCUT2D eigenvalue weighted by molar-refractivity contribution is 6.33. The van der Waals surface area contributed by atoms with Crippen molar-refractivity contribution in [2.24, 2.45) is 5.92 Å². The molecule has 1 unspecified atom stereocenters. The van der Waals surface area contributed by atoms with Gasteiger partial charge in [-0.1, -0.05) is 18.5 Å². The first-order chi connectivity index (χ1) is 9.83. The first kappa shape index (κ1) is 17.3. The molecule has 0 aromatic heterocycles. The zero-order valence-electron chi connectivity index (χ0n) is 12.4. The molecule has 4 N–H and O–H groups in total. The van der Waals surface area contributed by atoms with Crippen molar-refractivity contribution in [2.45, 2.75) is 6.92 Å². The molecule has 0 spiro atoms. The SMILES string of the molecule is CNC(=O)C(C)CN(C)CC(=O)Nc1ccc(Cl)c(N)c1. The molecule has 0 aliphatic carbocycles. The summed E-state index contributed by atoms with van der Waals surface area (Å²) in [6.07, 6.45) is 0. The highest BCUT2D eigenvalue weighted by Crippen LogP contribution is 2.22. The van der Waals surface area contributed by atoms with Crippen molar-refractivity contribution < 1.29 is 9.59 Å². The molecule has 21 heavy (non-hydrogen) atoms. The van der Waals surface area contributed by atoms with E-state index in [4.69, 9.17) is 17.3 Å². The van der Waals surface area contributed by atoms with Crippen LogP contribution in [0.25, 0.3) is 0 Å². The van der Waals surface area contributed by atoms with Crippen LogP contribution in [0.15, 0.2) is 18.2 Å². The quantitative estimate of drug-likeness (QED) is 0.688. The van der Waals surface area contributed by atoms with Crippen molar-refractivity contribution in [1.82, 2.24) is 10.2 Å². The minimum absolute atomic E-state index is 0.0484. The minimum Gasteiger partial charge on any atom is -0.397 e. The first-order valence-electron chi connectivity index (χ1n) is 6.58. The third kappa shape index (κ3) is 5.61. The highest BCUT2D eigenvalue weighted by Gasteiger charge is 2.15. The molecule has 116 valence electrons. The van der Waals surface area contributed by atoms with E-state index in [9.17, 15) is 9.59 Å². The molecular formula is C14H21ClN4O2. The maximum atomic E-state index is 11.9. The van der Waals surface area contributed by atoms with Crippen LogP contribution in [0, 0.1) is 5.92 Å². The number of nitrogen functional groups attached to an aromatic ring is 1. The second-order valence-electron chi connectivity index (χ2n) is 5.00. The van der Waals surface area contributed by atoms with Gasteiger partial charge in [0.05, 0.1) is 17.3 Å². The zero-order chi connectivity index (χ0) is 16.0. The molecular weight excluding hydrogens is 292 g/mol. The molecule has 0 fully saturated rings. The van der Waals surface area contributed by atoms with E-state index in [1.54, 1.807) is 37.2 Å². The second-order valence-corrected chi connectivity index (χ2v) is 5.40. The van der Waals surface area contributed by atoms with Gasteiger partial charge in [0, 0.05) is 25.2 Å². The van der Waals surface area contributed by atoms with E-state index in [-0.39, 0.29) is 24.3 Å². The largest absolute Gasteiger partial charge is 0.397 e. The van der Waals surface area contributed by atoms with Gasteiger partial charge in [-0.3, -0.25) is 14.5 Å². The number of carbonyl (C=O) groups is 2. The molecule has 1 aromatic carbocycles. The van der Waals surface area contributed by atoms with E-state index in [0.717, 1.165) is 0 Å². The van der Waals surface area contributed by atoms with Crippen LogP contribution in [0.4, 0.5) is 11.4 Å².